The number of nitrogens with zero attached hydrogens (tertiary/aromatic N) is 1. The molecule has 0 saturated heterocycles. The van der Waals surface area contributed by atoms with Gasteiger partial charge in [0, 0.05) is 13.1 Å². The number of pyridine rings is 1. The number of hydrogen-bond donors (Lipinski definition) is 0. The molecular formula is C11H8F3NO. The highest BCUT2D eigenvalue weighted by atomic mass is 19.4. The van der Waals surface area contributed by atoms with Crippen LogP contribution in [-0.2, 0) is 13.2 Å². The van der Waals surface area contributed by atoms with Crippen LogP contribution in [0.4, 0.5) is 13.2 Å². The van der Waals surface area contributed by atoms with Crippen LogP contribution in [0.5, 0.6) is 0 Å². The van der Waals surface area contributed by atoms with Gasteiger partial charge < -0.3 is 4.57 Å². The Morgan fingerprint density at radius 2 is 1.81 bits per heavy atom. The van der Waals surface area contributed by atoms with Crippen molar-refractivity contribution in [3.8, 4) is 0 Å². The van der Waals surface area contributed by atoms with Crippen LogP contribution in [0, 0.1) is 0 Å². The van der Waals surface area contributed by atoms with E-state index in [-0.39, 0.29) is 5.56 Å². The standard InChI is InChI=1S/C11H8F3NO/c1-15-9-4-3-8(11(12,13)14)6-7(9)2-5-10(15)16/h2-6H,1H3. The number of halogens is 3. The molecule has 0 fully saturated rings. The third-order valence-electron chi connectivity index (χ3n) is 2.45. The first-order chi connectivity index (χ1) is 7.39. The third-order valence-corrected chi connectivity index (χ3v) is 2.45. The van der Waals surface area contributed by atoms with Crippen molar-refractivity contribution in [2.75, 3.05) is 0 Å². The SMILES string of the molecule is Cn1c(=O)ccc2cc(C(F)(F)F)ccc21. The maximum Gasteiger partial charge on any atom is 0.416 e. The number of rotatable bonds is 0. The van der Waals surface area contributed by atoms with Crippen molar-refractivity contribution >= 4 is 10.9 Å². The summed E-state index contributed by atoms with van der Waals surface area (Å²) in [5.74, 6) is 0. The highest BCUT2D eigenvalue weighted by molar-refractivity contribution is 5.79. The van der Waals surface area contributed by atoms with Crippen LogP contribution in [0.25, 0.3) is 10.9 Å². The molecule has 16 heavy (non-hydrogen) atoms. The van der Waals surface area contributed by atoms with Gasteiger partial charge in [-0.3, -0.25) is 4.79 Å². The Bertz CT molecular complexity index is 598. The van der Waals surface area contributed by atoms with E-state index in [4.69, 9.17) is 0 Å². The fraction of sp³-hybridized carbons (Fsp3) is 0.182. The quantitative estimate of drug-likeness (QED) is 0.678. The van der Waals surface area contributed by atoms with Gasteiger partial charge in [-0.2, -0.15) is 13.2 Å². The van der Waals surface area contributed by atoms with Gasteiger partial charge in [0.1, 0.15) is 0 Å². The molecule has 1 aromatic heterocycles. The van der Waals surface area contributed by atoms with Crippen molar-refractivity contribution in [1.82, 2.24) is 4.57 Å². The molecule has 0 unspecified atom stereocenters. The molecule has 2 nitrogen and oxygen atoms in total. The second-order valence-corrected chi connectivity index (χ2v) is 3.50. The number of fused-ring (bicyclic) bond motifs is 1. The van der Waals surface area contributed by atoms with Gasteiger partial charge in [-0.15, -0.1) is 0 Å². The summed E-state index contributed by atoms with van der Waals surface area (Å²) in [6.45, 7) is 0. The molecule has 5 heteroatoms. The molecule has 0 saturated carbocycles. The largest absolute Gasteiger partial charge is 0.416 e. The van der Waals surface area contributed by atoms with Gasteiger partial charge in [-0.25, -0.2) is 0 Å². The van der Waals surface area contributed by atoms with Gasteiger partial charge in [0.15, 0.2) is 0 Å². The maximum absolute atomic E-state index is 12.4. The summed E-state index contributed by atoms with van der Waals surface area (Å²) in [5, 5.41) is 0.400. The van der Waals surface area contributed by atoms with Crippen molar-refractivity contribution in [2.24, 2.45) is 7.05 Å². The Kier molecular flexibility index (Phi) is 2.26. The van der Waals surface area contributed by atoms with Crippen molar-refractivity contribution in [3.05, 3.63) is 46.2 Å². The average molecular weight is 227 g/mol. The maximum atomic E-state index is 12.4. The van der Waals surface area contributed by atoms with Crippen LogP contribution in [0.15, 0.2) is 35.1 Å². The molecule has 84 valence electrons. The van der Waals surface area contributed by atoms with Crippen LogP contribution in [0.1, 0.15) is 5.56 Å². The van der Waals surface area contributed by atoms with Crippen LogP contribution in [-0.4, -0.2) is 4.57 Å². The van der Waals surface area contributed by atoms with Gasteiger partial charge in [0.25, 0.3) is 5.56 Å². The summed E-state index contributed by atoms with van der Waals surface area (Å²) < 4.78 is 38.6. The number of alkyl halides is 3. The van der Waals surface area contributed by atoms with E-state index in [0.29, 0.717) is 10.9 Å². The second kappa shape index (κ2) is 3.37. The van der Waals surface area contributed by atoms with Gasteiger partial charge in [0.2, 0.25) is 0 Å². The fourth-order valence-electron chi connectivity index (χ4n) is 1.56. The van der Waals surface area contributed by atoms with Crippen LogP contribution < -0.4 is 5.56 Å². The molecule has 0 bridgehead atoms. The zero-order valence-corrected chi connectivity index (χ0v) is 8.38. The molecular weight excluding hydrogens is 219 g/mol. The van der Waals surface area contributed by atoms with E-state index in [1.165, 1.54) is 29.8 Å². The molecule has 0 aliphatic carbocycles. The van der Waals surface area contributed by atoms with Crippen LogP contribution in [0.2, 0.25) is 0 Å². The van der Waals surface area contributed by atoms with E-state index in [1.54, 1.807) is 0 Å². The molecule has 0 N–H and O–H groups in total. The summed E-state index contributed by atoms with van der Waals surface area (Å²) in [4.78, 5) is 11.3. The van der Waals surface area contributed by atoms with E-state index < -0.39 is 11.7 Å². The molecule has 2 rings (SSSR count). The number of aromatic nitrogens is 1. The zero-order valence-electron chi connectivity index (χ0n) is 8.38. The predicted molar refractivity (Wildman–Crippen MR) is 54.2 cm³/mol. The first-order valence-electron chi connectivity index (χ1n) is 4.56. The molecule has 0 aliphatic heterocycles. The summed E-state index contributed by atoms with van der Waals surface area (Å²) in [5.41, 5.74) is -0.466. The minimum atomic E-state index is -4.36. The average Bonchev–Trinajstić information content (AvgIpc) is 2.22. The number of hydrogen-bond acceptors (Lipinski definition) is 1. The highest BCUT2D eigenvalue weighted by Gasteiger charge is 2.30. The summed E-state index contributed by atoms with van der Waals surface area (Å²) in [6, 6.07) is 5.96. The van der Waals surface area contributed by atoms with Gasteiger partial charge >= 0.3 is 6.18 Å². The van der Waals surface area contributed by atoms with Crippen molar-refractivity contribution in [2.45, 2.75) is 6.18 Å². The van der Waals surface area contributed by atoms with Gasteiger partial charge in [-0.05, 0) is 29.7 Å². The Labute approximate surface area is 88.9 Å². The van der Waals surface area contributed by atoms with Gasteiger partial charge in [0.05, 0.1) is 11.1 Å². The summed E-state index contributed by atoms with van der Waals surface area (Å²) in [6.07, 6.45) is -4.36. The smallest absolute Gasteiger partial charge is 0.311 e. The van der Waals surface area contributed by atoms with Crippen LogP contribution in [0.3, 0.4) is 0 Å². The minimum absolute atomic E-state index is 0.243. The summed E-state index contributed by atoms with van der Waals surface area (Å²) in [7, 11) is 1.53. The monoisotopic (exact) mass is 227 g/mol. The van der Waals surface area contributed by atoms with Crippen molar-refractivity contribution in [1.29, 1.82) is 0 Å². The number of aryl methyl sites for hydroxylation is 1. The molecule has 0 amide bonds. The lowest BCUT2D eigenvalue weighted by molar-refractivity contribution is -0.137. The normalized spacial score (nSPS) is 12.0. The molecule has 0 aliphatic rings. The molecule has 1 heterocycles. The predicted octanol–water partition coefficient (Wildman–Crippen LogP) is 2.56. The lowest BCUT2D eigenvalue weighted by atomic mass is 10.1. The van der Waals surface area contributed by atoms with E-state index in [2.05, 4.69) is 0 Å². The Balaban J connectivity index is 2.75. The topological polar surface area (TPSA) is 22.0 Å². The van der Waals surface area contributed by atoms with E-state index in [0.717, 1.165) is 12.1 Å². The molecule has 2 aromatic rings. The summed E-state index contributed by atoms with van der Waals surface area (Å²) >= 11 is 0. The van der Waals surface area contributed by atoms with Gasteiger partial charge in [-0.1, -0.05) is 0 Å². The third kappa shape index (κ3) is 1.68. The Hall–Kier alpha value is -1.78. The molecule has 0 radical (unpaired) electrons. The number of benzene rings is 1. The second-order valence-electron chi connectivity index (χ2n) is 3.50. The van der Waals surface area contributed by atoms with E-state index >= 15 is 0 Å². The molecule has 0 spiro atoms. The minimum Gasteiger partial charge on any atom is -0.311 e. The first-order valence-corrected chi connectivity index (χ1v) is 4.56. The fourth-order valence-corrected chi connectivity index (χ4v) is 1.56. The zero-order chi connectivity index (χ0) is 11.9. The molecule has 0 atom stereocenters. The first kappa shape index (κ1) is 10.7. The molecule has 1 aromatic carbocycles. The Morgan fingerprint density at radius 3 is 2.44 bits per heavy atom. The van der Waals surface area contributed by atoms with Crippen molar-refractivity contribution < 1.29 is 13.2 Å². The van der Waals surface area contributed by atoms with E-state index in [9.17, 15) is 18.0 Å². The lowest BCUT2D eigenvalue weighted by Gasteiger charge is -2.09. The van der Waals surface area contributed by atoms with Crippen LogP contribution >= 0.6 is 0 Å². The Morgan fingerprint density at radius 1 is 1.12 bits per heavy atom. The lowest BCUT2D eigenvalue weighted by Crippen LogP contribution is -2.15. The van der Waals surface area contributed by atoms with E-state index in [1.807, 2.05) is 0 Å². The van der Waals surface area contributed by atoms with Crippen molar-refractivity contribution in [3.63, 3.8) is 0 Å². The highest BCUT2D eigenvalue weighted by Crippen LogP contribution is 2.30.